The Morgan fingerprint density at radius 1 is 1.14 bits per heavy atom. The molecule has 0 unspecified atom stereocenters. The van der Waals surface area contributed by atoms with Crippen molar-refractivity contribution in [1.82, 2.24) is 5.32 Å². The molecule has 0 fully saturated rings. The van der Waals surface area contributed by atoms with Crippen molar-refractivity contribution in [3.8, 4) is 11.5 Å². The van der Waals surface area contributed by atoms with E-state index in [-0.39, 0.29) is 0 Å². The van der Waals surface area contributed by atoms with E-state index in [1.165, 1.54) is 0 Å². The fourth-order valence-corrected chi connectivity index (χ4v) is 2.26. The average Bonchev–Trinajstić information content (AvgIpc) is 2.53. The second-order valence-electron chi connectivity index (χ2n) is 4.82. The van der Waals surface area contributed by atoms with Crippen LogP contribution in [0.1, 0.15) is 11.1 Å². The van der Waals surface area contributed by atoms with Crippen LogP contribution < -0.4 is 14.8 Å². The fourth-order valence-electron chi connectivity index (χ4n) is 2.05. The van der Waals surface area contributed by atoms with E-state index in [1.54, 1.807) is 7.11 Å². The van der Waals surface area contributed by atoms with Crippen molar-refractivity contribution in [3.05, 3.63) is 71.3 Å². The first-order valence-corrected chi connectivity index (χ1v) is 7.46. The topological polar surface area (TPSA) is 30.5 Å². The van der Waals surface area contributed by atoms with Gasteiger partial charge >= 0.3 is 0 Å². The Hall–Kier alpha value is -1.97. The summed E-state index contributed by atoms with van der Waals surface area (Å²) < 4.78 is 11.2. The molecule has 0 radical (unpaired) electrons. The van der Waals surface area contributed by atoms with Crippen LogP contribution in [0, 0.1) is 0 Å². The van der Waals surface area contributed by atoms with E-state index >= 15 is 0 Å². The first-order chi connectivity index (χ1) is 10.7. The second kappa shape index (κ2) is 8.47. The Bertz CT molecular complexity index is 628. The van der Waals surface area contributed by atoms with Gasteiger partial charge in [-0.2, -0.15) is 0 Å². The predicted octanol–water partition coefficient (Wildman–Crippen LogP) is 4.20. The molecule has 0 aliphatic carbocycles. The predicted molar refractivity (Wildman–Crippen MR) is 90.7 cm³/mol. The van der Waals surface area contributed by atoms with Crippen molar-refractivity contribution in [2.45, 2.75) is 13.2 Å². The molecule has 22 heavy (non-hydrogen) atoms. The van der Waals surface area contributed by atoms with Crippen LogP contribution in [0.4, 0.5) is 0 Å². The molecule has 0 atom stereocenters. The van der Waals surface area contributed by atoms with E-state index in [1.807, 2.05) is 48.5 Å². The molecule has 2 rings (SSSR count). The van der Waals surface area contributed by atoms with Crippen LogP contribution in [-0.2, 0) is 13.2 Å². The van der Waals surface area contributed by atoms with Gasteiger partial charge in [0.25, 0.3) is 0 Å². The number of hydrogen-bond donors (Lipinski definition) is 1. The highest BCUT2D eigenvalue weighted by molar-refractivity contribution is 6.30. The van der Waals surface area contributed by atoms with Crippen molar-refractivity contribution in [2.75, 3.05) is 13.7 Å². The first-order valence-electron chi connectivity index (χ1n) is 7.08. The molecule has 0 aromatic heterocycles. The molecule has 0 bridgehead atoms. The molecule has 0 amide bonds. The Kier molecular flexibility index (Phi) is 6.31. The molecule has 116 valence electrons. The van der Waals surface area contributed by atoms with Crippen LogP contribution in [0.15, 0.2) is 55.1 Å². The van der Waals surface area contributed by atoms with E-state index < -0.39 is 0 Å². The summed E-state index contributed by atoms with van der Waals surface area (Å²) in [7, 11) is 1.64. The summed E-state index contributed by atoms with van der Waals surface area (Å²) in [6.45, 7) is 5.67. The largest absolute Gasteiger partial charge is 0.493 e. The lowest BCUT2D eigenvalue weighted by Gasteiger charge is -2.12. The number of halogens is 1. The first kappa shape index (κ1) is 16.4. The highest BCUT2D eigenvalue weighted by Crippen LogP contribution is 2.29. The van der Waals surface area contributed by atoms with Crippen LogP contribution in [-0.4, -0.2) is 13.7 Å². The van der Waals surface area contributed by atoms with Gasteiger partial charge in [0, 0.05) is 18.1 Å². The van der Waals surface area contributed by atoms with Gasteiger partial charge in [-0.15, -0.1) is 6.58 Å². The van der Waals surface area contributed by atoms with E-state index in [4.69, 9.17) is 21.1 Å². The molecule has 0 aliphatic heterocycles. The van der Waals surface area contributed by atoms with Gasteiger partial charge in [-0.1, -0.05) is 35.9 Å². The van der Waals surface area contributed by atoms with Gasteiger partial charge < -0.3 is 14.8 Å². The zero-order valence-electron chi connectivity index (χ0n) is 12.6. The Morgan fingerprint density at radius 3 is 2.73 bits per heavy atom. The summed E-state index contributed by atoms with van der Waals surface area (Å²) >= 11 is 5.97. The van der Waals surface area contributed by atoms with Crippen LogP contribution in [0.25, 0.3) is 0 Å². The van der Waals surface area contributed by atoms with Crippen LogP contribution in [0.2, 0.25) is 5.02 Å². The van der Waals surface area contributed by atoms with Crippen LogP contribution >= 0.6 is 11.6 Å². The molecule has 0 saturated carbocycles. The van der Waals surface area contributed by atoms with Gasteiger partial charge in [-0.3, -0.25) is 0 Å². The highest BCUT2D eigenvalue weighted by Gasteiger charge is 2.06. The van der Waals surface area contributed by atoms with E-state index in [2.05, 4.69) is 11.9 Å². The summed E-state index contributed by atoms with van der Waals surface area (Å²) in [6, 6.07) is 13.5. The lowest BCUT2D eigenvalue weighted by molar-refractivity contribution is 0.284. The number of hydrogen-bond acceptors (Lipinski definition) is 3. The minimum atomic E-state index is 0.449. The van der Waals surface area contributed by atoms with Crippen molar-refractivity contribution in [2.24, 2.45) is 0 Å². The summed E-state index contributed by atoms with van der Waals surface area (Å²) in [5, 5.41) is 3.96. The maximum absolute atomic E-state index is 5.97. The van der Waals surface area contributed by atoms with Crippen molar-refractivity contribution >= 4 is 11.6 Å². The summed E-state index contributed by atoms with van der Waals surface area (Å²) in [5.41, 5.74) is 2.15. The fraction of sp³-hybridized carbons (Fsp3) is 0.222. The minimum absolute atomic E-state index is 0.449. The molecule has 0 saturated heterocycles. The third kappa shape index (κ3) is 4.79. The third-order valence-electron chi connectivity index (χ3n) is 3.13. The molecular weight excluding hydrogens is 298 g/mol. The lowest BCUT2D eigenvalue weighted by Crippen LogP contribution is -2.12. The molecule has 1 N–H and O–H groups in total. The maximum Gasteiger partial charge on any atom is 0.161 e. The van der Waals surface area contributed by atoms with Gasteiger partial charge in [-0.05, 0) is 35.4 Å². The molecule has 4 heteroatoms. The molecule has 0 heterocycles. The van der Waals surface area contributed by atoms with E-state index in [0.717, 1.165) is 35.7 Å². The van der Waals surface area contributed by atoms with Crippen molar-refractivity contribution in [3.63, 3.8) is 0 Å². The zero-order valence-corrected chi connectivity index (χ0v) is 13.4. The van der Waals surface area contributed by atoms with Crippen molar-refractivity contribution in [1.29, 1.82) is 0 Å². The Balaban J connectivity index is 2.02. The van der Waals surface area contributed by atoms with Gasteiger partial charge in [0.1, 0.15) is 6.61 Å². The quantitative estimate of drug-likeness (QED) is 0.584. The van der Waals surface area contributed by atoms with Gasteiger partial charge in [-0.25, -0.2) is 0 Å². The second-order valence-corrected chi connectivity index (χ2v) is 5.26. The molecular formula is C18H20ClNO2. The van der Waals surface area contributed by atoms with Gasteiger partial charge in [0.2, 0.25) is 0 Å². The number of methoxy groups -OCH3 is 1. The Morgan fingerprint density at radius 2 is 2.00 bits per heavy atom. The lowest BCUT2D eigenvalue weighted by atomic mass is 10.2. The summed E-state index contributed by atoms with van der Waals surface area (Å²) in [5.74, 6) is 1.44. The third-order valence-corrected chi connectivity index (χ3v) is 3.36. The SMILES string of the molecule is C=CCNCc1ccc(OCc2cccc(Cl)c2)c(OC)c1. The van der Waals surface area contributed by atoms with Crippen LogP contribution in [0.5, 0.6) is 11.5 Å². The summed E-state index contributed by atoms with van der Waals surface area (Å²) in [6.07, 6.45) is 1.83. The zero-order chi connectivity index (χ0) is 15.8. The number of rotatable bonds is 8. The molecule has 2 aromatic carbocycles. The van der Waals surface area contributed by atoms with Gasteiger partial charge in [0.15, 0.2) is 11.5 Å². The number of benzene rings is 2. The molecule has 3 nitrogen and oxygen atoms in total. The molecule has 0 aliphatic rings. The highest BCUT2D eigenvalue weighted by atomic mass is 35.5. The molecule has 0 spiro atoms. The Labute approximate surface area is 136 Å². The molecule has 2 aromatic rings. The average molecular weight is 318 g/mol. The normalized spacial score (nSPS) is 10.3. The van der Waals surface area contributed by atoms with Gasteiger partial charge in [0.05, 0.1) is 7.11 Å². The number of nitrogens with one attached hydrogen (secondary N) is 1. The van der Waals surface area contributed by atoms with E-state index in [0.29, 0.717) is 11.6 Å². The maximum atomic E-state index is 5.97. The smallest absolute Gasteiger partial charge is 0.161 e. The minimum Gasteiger partial charge on any atom is -0.493 e. The van der Waals surface area contributed by atoms with Crippen molar-refractivity contribution < 1.29 is 9.47 Å². The number of ether oxygens (including phenoxy) is 2. The standard InChI is InChI=1S/C18H20ClNO2/c1-3-9-20-12-14-7-8-17(18(11-14)21-2)22-13-15-5-4-6-16(19)10-15/h3-8,10-11,20H,1,9,12-13H2,2H3. The van der Waals surface area contributed by atoms with E-state index in [9.17, 15) is 0 Å². The monoisotopic (exact) mass is 317 g/mol. The summed E-state index contributed by atoms with van der Waals surface area (Å²) in [4.78, 5) is 0. The van der Waals surface area contributed by atoms with Crippen LogP contribution in [0.3, 0.4) is 0 Å².